The number of benzene rings is 1. The van der Waals surface area contributed by atoms with E-state index in [0.717, 1.165) is 31.0 Å². The van der Waals surface area contributed by atoms with E-state index in [9.17, 15) is 4.79 Å². The second kappa shape index (κ2) is 6.71. The molecule has 1 amide bonds. The molecular weight excluding hydrogens is 282 g/mol. The molecule has 0 aliphatic carbocycles. The lowest BCUT2D eigenvalue weighted by Gasteiger charge is -2.27. The molecule has 1 N–H and O–H groups in total. The van der Waals surface area contributed by atoms with Gasteiger partial charge in [-0.25, -0.2) is 0 Å². The normalized spacial score (nSPS) is 18.6. The van der Waals surface area contributed by atoms with Gasteiger partial charge >= 0.3 is 0 Å². The average Bonchev–Trinajstić information content (AvgIpc) is 3.00. The number of hydrogen-bond acceptors (Lipinski definition) is 4. The minimum Gasteiger partial charge on any atom is -0.373 e. The zero-order valence-corrected chi connectivity index (χ0v) is 13.4. The summed E-state index contributed by atoms with van der Waals surface area (Å²) in [6, 6.07) is 6.04. The van der Waals surface area contributed by atoms with Crippen molar-refractivity contribution in [3.8, 4) is 0 Å². The molecular formula is C16H23N3OS. The van der Waals surface area contributed by atoms with Crippen LogP contribution in [0.1, 0.15) is 23.2 Å². The van der Waals surface area contributed by atoms with Crippen LogP contribution in [0.25, 0.3) is 0 Å². The van der Waals surface area contributed by atoms with Crippen LogP contribution in [-0.4, -0.2) is 56.3 Å². The molecule has 2 aliphatic rings. The van der Waals surface area contributed by atoms with Crippen molar-refractivity contribution in [2.75, 3.05) is 50.4 Å². The minimum absolute atomic E-state index is 0.0426. The van der Waals surface area contributed by atoms with Gasteiger partial charge in [0.25, 0.3) is 5.91 Å². The Labute approximate surface area is 130 Å². The summed E-state index contributed by atoms with van der Waals surface area (Å²) >= 11 is 1.87. The van der Waals surface area contributed by atoms with Crippen LogP contribution < -0.4 is 10.2 Å². The fraction of sp³-hybridized carbons (Fsp3) is 0.562. The highest BCUT2D eigenvalue weighted by Crippen LogP contribution is 2.34. The summed E-state index contributed by atoms with van der Waals surface area (Å²) in [6.07, 6.45) is 2.59. The fourth-order valence-corrected chi connectivity index (χ4v) is 4.04. The largest absolute Gasteiger partial charge is 0.373 e. The number of nitrogens with one attached hydrogen (secondary N) is 1. The summed E-state index contributed by atoms with van der Waals surface area (Å²) in [4.78, 5) is 18.2. The number of carbonyl (C=O) groups excluding carboxylic acids is 1. The van der Waals surface area contributed by atoms with Crippen LogP contribution >= 0.6 is 11.8 Å². The lowest BCUT2D eigenvalue weighted by atomic mass is 10.1. The Balaban J connectivity index is 1.58. The maximum atomic E-state index is 12.3. The summed E-state index contributed by atoms with van der Waals surface area (Å²) in [5.41, 5.74) is 1.95. The van der Waals surface area contributed by atoms with E-state index >= 15 is 0 Å². The molecule has 21 heavy (non-hydrogen) atoms. The molecule has 0 spiro atoms. The molecule has 5 heteroatoms. The maximum absolute atomic E-state index is 12.3. The molecule has 0 unspecified atom stereocenters. The van der Waals surface area contributed by atoms with E-state index in [1.807, 2.05) is 23.9 Å². The summed E-state index contributed by atoms with van der Waals surface area (Å²) in [7, 11) is 2.09. The van der Waals surface area contributed by atoms with Gasteiger partial charge in [0.1, 0.15) is 0 Å². The summed E-state index contributed by atoms with van der Waals surface area (Å²) < 4.78 is 0. The van der Waals surface area contributed by atoms with E-state index in [4.69, 9.17) is 0 Å². The first-order valence-corrected chi connectivity index (χ1v) is 8.71. The van der Waals surface area contributed by atoms with Crippen molar-refractivity contribution in [2.45, 2.75) is 17.7 Å². The molecule has 0 aromatic heterocycles. The van der Waals surface area contributed by atoms with Gasteiger partial charge < -0.3 is 15.1 Å². The number of thioether (sulfide) groups is 1. The molecule has 0 bridgehead atoms. The SMILES string of the molecule is CN1CCSc2ccc(C(=O)NCCN3CCCC3)cc21. The standard InChI is InChI=1S/C16H23N3OS/c1-18-10-11-21-15-5-4-13(12-14(15)18)16(20)17-6-9-19-7-2-3-8-19/h4-5,12H,2-3,6-11H2,1H3,(H,17,20). The van der Waals surface area contributed by atoms with Gasteiger partial charge in [-0.05, 0) is 44.1 Å². The molecule has 4 nitrogen and oxygen atoms in total. The highest BCUT2D eigenvalue weighted by Gasteiger charge is 2.17. The van der Waals surface area contributed by atoms with Crippen LogP contribution in [0.3, 0.4) is 0 Å². The molecule has 1 saturated heterocycles. The highest BCUT2D eigenvalue weighted by atomic mass is 32.2. The van der Waals surface area contributed by atoms with E-state index in [-0.39, 0.29) is 5.91 Å². The minimum atomic E-state index is 0.0426. The predicted molar refractivity (Wildman–Crippen MR) is 88.4 cm³/mol. The van der Waals surface area contributed by atoms with Gasteiger partial charge in [0.15, 0.2) is 0 Å². The number of hydrogen-bond donors (Lipinski definition) is 1. The van der Waals surface area contributed by atoms with Crippen LogP contribution in [0.4, 0.5) is 5.69 Å². The van der Waals surface area contributed by atoms with Crippen LogP contribution in [0.5, 0.6) is 0 Å². The van der Waals surface area contributed by atoms with Gasteiger partial charge in [0, 0.05) is 42.9 Å². The number of fused-ring (bicyclic) bond motifs is 1. The highest BCUT2D eigenvalue weighted by molar-refractivity contribution is 7.99. The van der Waals surface area contributed by atoms with Crippen molar-refractivity contribution in [3.05, 3.63) is 23.8 Å². The van der Waals surface area contributed by atoms with E-state index < -0.39 is 0 Å². The monoisotopic (exact) mass is 305 g/mol. The zero-order chi connectivity index (χ0) is 14.7. The van der Waals surface area contributed by atoms with Crippen molar-refractivity contribution in [1.29, 1.82) is 0 Å². The van der Waals surface area contributed by atoms with Crippen molar-refractivity contribution >= 4 is 23.4 Å². The van der Waals surface area contributed by atoms with Gasteiger partial charge in [-0.15, -0.1) is 11.8 Å². The van der Waals surface area contributed by atoms with Gasteiger partial charge in [-0.1, -0.05) is 0 Å². The third-order valence-electron chi connectivity index (χ3n) is 4.23. The number of rotatable bonds is 4. The Bertz CT molecular complexity index is 514. The summed E-state index contributed by atoms with van der Waals surface area (Å²) in [6.45, 7) is 5.10. The smallest absolute Gasteiger partial charge is 0.251 e. The first kappa shape index (κ1) is 14.7. The number of likely N-dealkylation sites (tertiary alicyclic amines) is 1. The van der Waals surface area contributed by atoms with Crippen LogP contribution in [0.15, 0.2) is 23.1 Å². The van der Waals surface area contributed by atoms with Gasteiger partial charge in [-0.3, -0.25) is 4.79 Å². The maximum Gasteiger partial charge on any atom is 0.251 e. The second-order valence-corrected chi connectivity index (χ2v) is 6.89. The molecule has 1 fully saturated rings. The Kier molecular flexibility index (Phi) is 4.70. The average molecular weight is 305 g/mol. The molecule has 2 aliphatic heterocycles. The first-order chi connectivity index (χ1) is 10.2. The van der Waals surface area contributed by atoms with Gasteiger partial charge in [-0.2, -0.15) is 0 Å². The van der Waals surface area contributed by atoms with Gasteiger partial charge in [0.2, 0.25) is 0 Å². The number of amides is 1. The zero-order valence-electron chi connectivity index (χ0n) is 12.6. The number of anilines is 1. The lowest BCUT2D eigenvalue weighted by molar-refractivity contribution is 0.0949. The molecule has 2 heterocycles. The summed E-state index contributed by atoms with van der Waals surface area (Å²) in [5, 5.41) is 3.04. The molecule has 0 saturated carbocycles. The predicted octanol–water partition coefficient (Wildman–Crippen LogP) is 2.05. The Morgan fingerprint density at radius 3 is 2.90 bits per heavy atom. The third kappa shape index (κ3) is 3.52. The van der Waals surface area contributed by atoms with Crippen molar-refractivity contribution in [2.24, 2.45) is 0 Å². The first-order valence-electron chi connectivity index (χ1n) is 7.72. The third-order valence-corrected chi connectivity index (χ3v) is 5.27. The Morgan fingerprint density at radius 1 is 1.29 bits per heavy atom. The topological polar surface area (TPSA) is 35.6 Å². The van der Waals surface area contributed by atoms with Crippen molar-refractivity contribution in [1.82, 2.24) is 10.2 Å². The lowest BCUT2D eigenvalue weighted by Crippen LogP contribution is -2.33. The second-order valence-electron chi connectivity index (χ2n) is 5.76. The van der Waals surface area contributed by atoms with Crippen molar-refractivity contribution < 1.29 is 4.79 Å². The number of carbonyl (C=O) groups is 1. The fourth-order valence-electron chi connectivity index (χ4n) is 2.93. The summed E-state index contributed by atoms with van der Waals surface area (Å²) in [5.74, 6) is 1.16. The Morgan fingerprint density at radius 2 is 2.10 bits per heavy atom. The van der Waals surface area contributed by atoms with Crippen LogP contribution in [0.2, 0.25) is 0 Å². The Hall–Kier alpha value is -1.20. The molecule has 3 rings (SSSR count). The van der Waals surface area contributed by atoms with Gasteiger partial charge in [0.05, 0.1) is 5.69 Å². The van der Waals surface area contributed by atoms with E-state index in [2.05, 4.69) is 28.2 Å². The molecule has 1 aromatic carbocycles. The molecule has 114 valence electrons. The van der Waals surface area contributed by atoms with E-state index in [0.29, 0.717) is 0 Å². The van der Waals surface area contributed by atoms with Crippen LogP contribution in [0, 0.1) is 0 Å². The van der Waals surface area contributed by atoms with E-state index in [1.165, 1.54) is 36.5 Å². The van der Waals surface area contributed by atoms with E-state index in [1.54, 1.807) is 0 Å². The molecule has 1 aromatic rings. The number of nitrogens with zero attached hydrogens (tertiary/aromatic N) is 2. The van der Waals surface area contributed by atoms with Crippen LogP contribution in [-0.2, 0) is 0 Å². The quantitative estimate of drug-likeness (QED) is 0.923. The molecule has 0 radical (unpaired) electrons. The molecule has 0 atom stereocenters. The van der Waals surface area contributed by atoms with Crippen molar-refractivity contribution in [3.63, 3.8) is 0 Å².